The normalized spacial score (nSPS) is 47.0. The van der Waals surface area contributed by atoms with Gasteiger partial charge in [0.15, 0.2) is 0 Å². The van der Waals surface area contributed by atoms with Crippen LogP contribution < -0.4 is 0 Å². The first kappa shape index (κ1) is 8.09. The van der Waals surface area contributed by atoms with Crippen LogP contribution in [-0.4, -0.2) is 12.6 Å². The molecule has 2 heteroatoms. The number of esters is 1. The highest BCUT2D eigenvalue weighted by Crippen LogP contribution is 2.44. The van der Waals surface area contributed by atoms with Gasteiger partial charge in [-0.3, -0.25) is 4.79 Å². The van der Waals surface area contributed by atoms with E-state index >= 15 is 0 Å². The lowest BCUT2D eigenvalue weighted by Gasteiger charge is -2.31. The van der Waals surface area contributed by atoms with Crippen LogP contribution in [0, 0.1) is 23.7 Å². The lowest BCUT2D eigenvalue weighted by atomic mass is 9.81. The summed E-state index contributed by atoms with van der Waals surface area (Å²) in [5, 5.41) is 0. The molecular formula is C10H16O2. The Bertz CT molecular complexity index is 200. The van der Waals surface area contributed by atoms with Crippen LogP contribution in [0.25, 0.3) is 0 Å². The molecule has 0 N–H and O–H groups in total. The van der Waals surface area contributed by atoms with Crippen LogP contribution in [0.4, 0.5) is 0 Å². The summed E-state index contributed by atoms with van der Waals surface area (Å²) in [6, 6.07) is 0. The molecule has 12 heavy (non-hydrogen) atoms. The Morgan fingerprint density at radius 2 is 2.00 bits per heavy atom. The molecular weight excluding hydrogens is 152 g/mol. The number of carbonyl (C=O) groups is 1. The van der Waals surface area contributed by atoms with Crippen molar-refractivity contribution in [2.45, 2.75) is 26.7 Å². The molecule has 0 radical (unpaired) electrons. The van der Waals surface area contributed by atoms with E-state index in [0.29, 0.717) is 24.4 Å². The van der Waals surface area contributed by atoms with Crippen molar-refractivity contribution in [1.82, 2.24) is 0 Å². The van der Waals surface area contributed by atoms with Crippen LogP contribution in [-0.2, 0) is 9.53 Å². The van der Waals surface area contributed by atoms with Gasteiger partial charge in [0.2, 0.25) is 0 Å². The molecule has 2 fully saturated rings. The van der Waals surface area contributed by atoms with E-state index in [9.17, 15) is 4.79 Å². The predicted octanol–water partition coefficient (Wildman–Crippen LogP) is 1.84. The largest absolute Gasteiger partial charge is 0.465 e. The highest BCUT2D eigenvalue weighted by Gasteiger charge is 2.45. The Morgan fingerprint density at radius 3 is 2.67 bits per heavy atom. The molecule has 68 valence electrons. The van der Waals surface area contributed by atoms with Crippen LogP contribution in [0.5, 0.6) is 0 Å². The van der Waals surface area contributed by atoms with Crippen LogP contribution in [0.3, 0.4) is 0 Å². The maximum Gasteiger partial charge on any atom is 0.309 e. The Labute approximate surface area is 73.3 Å². The second kappa shape index (κ2) is 2.75. The van der Waals surface area contributed by atoms with Crippen molar-refractivity contribution in [1.29, 1.82) is 0 Å². The second-order valence-corrected chi connectivity index (χ2v) is 4.35. The summed E-state index contributed by atoms with van der Waals surface area (Å²) in [5.74, 6) is 2.01. The summed E-state index contributed by atoms with van der Waals surface area (Å²) in [6.45, 7) is 5.01. The number of rotatable bonds is 0. The van der Waals surface area contributed by atoms with E-state index in [1.807, 2.05) is 0 Å². The van der Waals surface area contributed by atoms with Crippen LogP contribution in [0.2, 0.25) is 0 Å². The summed E-state index contributed by atoms with van der Waals surface area (Å²) < 4.78 is 5.14. The number of fused-ring (bicyclic) bond motifs is 1. The number of ether oxygens (including phenoxy) is 1. The lowest BCUT2D eigenvalue weighted by molar-refractivity contribution is -0.160. The third-order valence-corrected chi connectivity index (χ3v) is 3.52. The molecule has 0 aromatic rings. The summed E-state index contributed by atoms with van der Waals surface area (Å²) in [6.07, 6.45) is 2.43. The topological polar surface area (TPSA) is 26.3 Å². The highest BCUT2D eigenvalue weighted by atomic mass is 16.5. The maximum absolute atomic E-state index is 11.4. The fourth-order valence-corrected chi connectivity index (χ4v) is 2.72. The average Bonchev–Trinajstić information content (AvgIpc) is 2.42. The zero-order valence-electron chi connectivity index (χ0n) is 7.75. The first-order chi connectivity index (χ1) is 5.70. The van der Waals surface area contributed by atoms with Crippen molar-refractivity contribution in [3.63, 3.8) is 0 Å². The predicted molar refractivity (Wildman–Crippen MR) is 45.5 cm³/mol. The van der Waals surface area contributed by atoms with Gasteiger partial charge in [0, 0.05) is 0 Å². The van der Waals surface area contributed by atoms with Gasteiger partial charge in [0.25, 0.3) is 0 Å². The van der Waals surface area contributed by atoms with Crippen molar-refractivity contribution in [2.24, 2.45) is 23.7 Å². The molecule has 2 aliphatic rings. The SMILES string of the molecule is C[C@@H]1COC(=O)[C@@H]2C1CC[C@@H]2C. The van der Waals surface area contributed by atoms with Crippen molar-refractivity contribution in [3.05, 3.63) is 0 Å². The van der Waals surface area contributed by atoms with E-state index in [1.54, 1.807) is 0 Å². The smallest absolute Gasteiger partial charge is 0.309 e. The molecule has 0 spiro atoms. The minimum absolute atomic E-state index is 0.0584. The molecule has 1 saturated carbocycles. The number of hydrogen-bond donors (Lipinski definition) is 0. The van der Waals surface area contributed by atoms with Gasteiger partial charge >= 0.3 is 5.97 Å². The number of hydrogen-bond acceptors (Lipinski definition) is 2. The standard InChI is InChI=1S/C10H16O2/c1-6-3-4-8-7(2)5-12-10(11)9(6)8/h6-9H,3-5H2,1-2H3/t6-,7+,8?,9-/m0/s1. The van der Waals surface area contributed by atoms with Gasteiger partial charge in [0.05, 0.1) is 12.5 Å². The van der Waals surface area contributed by atoms with E-state index in [4.69, 9.17) is 4.74 Å². The first-order valence-corrected chi connectivity index (χ1v) is 4.87. The van der Waals surface area contributed by atoms with Gasteiger partial charge in [0.1, 0.15) is 0 Å². The molecule has 4 atom stereocenters. The third-order valence-electron chi connectivity index (χ3n) is 3.52. The van der Waals surface area contributed by atoms with Crippen LogP contribution in [0.15, 0.2) is 0 Å². The number of cyclic esters (lactones) is 1. The molecule has 0 aromatic heterocycles. The lowest BCUT2D eigenvalue weighted by Crippen LogP contribution is -2.37. The Balaban J connectivity index is 2.18. The molecule has 2 nitrogen and oxygen atoms in total. The summed E-state index contributed by atoms with van der Waals surface area (Å²) in [4.78, 5) is 11.4. The molecule has 1 saturated heterocycles. The van der Waals surface area contributed by atoms with E-state index < -0.39 is 0 Å². The van der Waals surface area contributed by atoms with Gasteiger partial charge in [-0.25, -0.2) is 0 Å². The van der Waals surface area contributed by atoms with E-state index in [1.165, 1.54) is 12.8 Å². The monoisotopic (exact) mass is 168 g/mol. The van der Waals surface area contributed by atoms with Gasteiger partial charge in [-0.2, -0.15) is 0 Å². The Morgan fingerprint density at radius 1 is 1.25 bits per heavy atom. The van der Waals surface area contributed by atoms with Crippen molar-refractivity contribution in [2.75, 3.05) is 6.61 Å². The summed E-state index contributed by atoms with van der Waals surface area (Å²) in [5.41, 5.74) is 0. The summed E-state index contributed by atoms with van der Waals surface area (Å²) >= 11 is 0. The molecule has 1 unspecified atom stereocenters. The zero-order chi connectivity index (χ0) is 8.72. The fraction of sp³-hybridized carbons (Fsp3) is 0.900. The first-order valence-electron chi connectivity index (χ1n) is 4.87. The van der Waals surface area contributed by atoms with E-state index in [-0.39, 0.29) is 11.9 Å². The molecule has 1 aliphatic heterocycles. The van der Waals surface area contributed by atoms with Gasteiger partial charge in [-0.15, -0.1) is 0 Å². The zero-order valence-corrected chi connectivity index (χ0v) is 7.75. The Kier molecular flexibility index (Phi) is 1.85. The Hall–Kier alpha value is -0.530. The molecule has 0 bridgehead atoms. The molecule has 1 aliphatic carbocycles. The van der Waals surface area contributed by atoms with Gasteiger partial charge < -0.3 is 4.74 Å². The molecule has 2 rings (SSSR count). The third kappa shape index (κ3) is 1.05. The molecule has 1 heterocycles. The van der Waals surface area contributed by atoms with Crippen molar-refractivity contribution >= 4 is 5.97 Å². The number of carbonyl (C=O) groups excluding carboxylic acids is 1. The van der Waals surface area contributed by atoms with Crippen LogP contribution in [0.1, 0.15) is 26.7 Å². The average molecular weight is 168 g/mol. The maximum atomic E-state index is 11.4. The van der Waals surface area contributed by atoms with Gasteiger partial charge in [-0.1, -0.05) is 13.8 Å². The fourth-order valence-electron chi connectivity index (χ4n) is 2.72. The van der Waals surface area contributed by atoms with Crippen molar-refractivity contribution in [3.8, 4) is 0 Å². The summed E-state index contributed by atoms with van der Waals surface area (Å²) in [7, 11) is 0. The minimum atomic E-state index is 0.0584. The second-order valence-electron chi connectivity index (χ2n) is 4.35. The van der Waals surface area contributed by atoms with Crippen LogP contribution >= 0.6 is 0 Å². The quantitative estimate of drug-likeness (QED) is 0.516. The van der Waals surface area contributed by atoms with Crippen molar-refractivity contribution < 1.29 is 9.53 Å². The highest BCUT2D eigenvalue weighted by molar-refractivity contribution is 5.74. The molecule has 0 aromatic carbocycles. The molecule has 0 amide bonds. The minimum Gasteiger partial charge on any atom is -0.465 e. The van der Waals surface area contributed by atoms with E-state index in [0.717, 1.165) is 0 Å². The van der Waals surface area contributed by atoms with E-state index in [2.05, 4.69) is 13.8 Å². The van der Waals surface area contributed by atoms with Gasteiger partial charge in [-0.05, 0) is 30.6 Å².